The molecule has 0 aliphatic rings. The Balaban J connectivity index is 2.30. The highest BCUT2D eigenvalue weighted by Crippen LogP contribution is 2.34. The molecule has 0 bridgehead atoms. The number of hydrogen-bond donors (Lipinski definition) is 2. The van der Waals surface area contributed by atoms with E-state index in [0.717, 1.165) is 0 Å². The Hall–Kier alpha value is -1.39. The second-order valence-corrected chi connectivity index (χ2v) is 5.68. The van der Waals surface area contributed by atoms with Crippen molar-refractivity contribution in [3.8, 4) is 0 Å². The van der Waals surface area contributed by atoms with Crippen molar-refractivity contribution in [2.45, 2.75) is 32.9 Å². The van der Waals surface area contributed by atoms with Crippen LogP contribution in [0.15, 0.2) is 24.3 Å². The molecular formula is C14H18N2OS. The Bertz CT molecular complexity index is 576. The highest BCUT2D eigenvalue weighted by atomic mass is 32.1. The van der Waals surface area contributed by atoms with Crippen LogP contribution in [0.25, 0.3) is 10.1 Å². The van der Waals surface area contributed by atoms with Gasteiger partial charge in [0.2, 0.25) is 5.91 Å². The first-order chi connectivity index (χ1) is 8.50. The number of amides is 1. The van der Waals surface area contributed by atoms with Gasteiger partial charge in [0.15, 0.2) is 0 Å². The Kier molecular flexibility index (Phi) is 3.68. The van der Waals surface area contributed by atoms with Crippen LogP contribution in [0.3, 0.4) is 0 Å². The molecular weight excluding hydrogens is 244 g/mol. The molecule has 0 aliphatic carbocycles. The van der Waals surface area contributed by atoms with E-state index in [1.807, 2.05) is 6.07 Å². The van der Waals surface area contributed by atoms with Crippen LogP contribution in [-0.2, 0) is 4.79 Å². The smallest absolute Gasteiger partial charge is 0.234 e. The maximum absolute atomic E-state index is 11.1. The highest BCUT2D eigenvalue weighted by Gasteiger charge is 2.17. The summed E-state index contributed by atoms with van der Waals surface area (Å²) in [6.45, 7) is 5.99. The number of fused-ring (bicyclic) bond motifs is 1. The van der Waals surface area contributed by atoms with Crippen LogP contribution in [-0.4, -0.2) is 11.9 Å². The third-order valence-corrected chi connectivity index (χ3v) is 4.66. The fraction of sp³-hybridized carbons (Fsp3) is 0.357. The lowest BCUT2D eigenvalue weighted by atomic mass is 10.1. The zero-order valence-corrected chi connectivity index (χ0v) is 11.7. The first-order valence-corrected chi connectivity index (χ1v) is 6.85. The molecule has 0 fully saturated rings. The van der Waals surface area contributed by atoms with Crippen molar-refractivity contribution in [1.82, 2.24) is 5.32 Å². The van der Waals surface area contributed by atoms with Crippen molar-refractivity contribution in [1.29, 1.82) is 0 Å². The lowest BCUT2D eigenvalue weighted by Gasteiger charge is -2.17. The zero-order chi connectivity index (χ0) is 13.3. The maximum atomic E-state index is 11.1. The average molecular weight is 262 g/mol. The molecule has 0 radical (unpaired) electrons. The van der Waals surface area contributed by atoms with Crippen LogP contribution in [0.1, 0.15) is 30.3 Å². The van der Waals surface area contributed by atoms with Crippen LogP contribution in [0.5, 0.6) is 0 Å². The van der Waals surface area contributed by atoms with Gasteiger partial charge in [-0.1, -0.05) is 18.2 Å². The van der Waals surface area contributed by atoms with Crippen molar-refractivity contribution in [3.05, 3.63) is 34.7 Å². The lowest BCUT2D eigenvalue weighted by molar-refractivity contribution is -0.119. The minimum absolute atomic E-state index is 0.130. The van der Waals surface area contributed by atoms with Gasteiger partial charge in [-0.3, -0.25) is 10.1 Å². The number of hydrogen-bond acceptors (Lipinski definition) is 3. The van der Waals surface area contributed by atoms with Gasteiger partial charge in [-0.2, -0.15) is 0 Å². The largest absolute Gasteiger partial charge is 0.368 e. The van der Waals surface area contributed by atoms with Gasteiger partial charge in [0, 0.05) is 15.6 Å². The van der Waals surface area contributed by atoms with Crippen LogP contribution < -0.4 is 11.1 Å². The summed E-state index contributed by atoms with van der Waals surface area (Å²) in [4.78, 5) is 12.4. The predicted octanol–water partition coefficient (Wildman–Crippen LogP) is 2.73. The molecule has 1 aromatic heterocycles. The molecule has 3 N–H and O–H groups in total. The van der Waals surface area contributed by atoms with Crippen LogP contribution >= 0.6 is 11.3 Å². The van der Waals surface area contributed by atoms with Crippen molar-refractivity contribution in [3.63, 3.8) is 0 Å². The van der Waals surface area contributed by atoms with Gasteiger partial charge in [-0.15, -0.1) is 11.3 Å². The van der Waals surface area contributed by atoms with Crippen LogP contribution in [0, 0.1) is 6.92 Å². The molecule has 0 saturated heterocycles. The second-order valence-electron chi connectivity index (χ2n) is 4.60. The van der Waals surface area contributed by atoms with E-state index >= 15 is 0 Å². The molecule has 4 heteroatoms. The normalized spacial score (nSPS) is 14.6. The number of rotatable bonds is 4. The van der Waals surface area contributed by atoms with Crippen molar-refractivity contribution < 1.29 is 4.79 Å². The lowest BCUT2D eigenvalue weighted by Crippen LogP contribution is -2.39. The number of aryl methyl sites for hydroxylation is 1. The molecule has 0 aliphatic heterocycles. The molecule has 1 heterocycles. The van der Waals surface area contributed by atoms with Gasteiger partial charge in [0.25, 0.3) is 0 Å². The van der Waals surface area contributed by atoms with Gasteiger partial charge in [-0.25, -0.2) is 0 Å². The van der Waals surface area contributed by atoms with E-state index in [9.17, 15) is 4.79 Å². The van der Waals surface area contributed by atoms with E-state index in [1.165, 1.54) is 20.5 Å². The number of nitrogens with two attached hydrogens (primary N) is 1. The number of carbonyl (C=O) groups excluding carboxylic acids is 1. The van der Waals surface area contributed by atoms with Crippen molar-refractivity contribution in [2.24, 2.45) is 5.73 Å². The maximum Gasteiger partial charge on any atom is 0.234 e. The summed E-state index contributed by atoms with van der Waals surface area (Å²) in [5.74, 6) is -0.319. The molecule has 0 spiro atoms. The highest BCUT2D eigenvalue weighted by molar-refractivity contribution is 7.19. The molecule has 1 amide bonds. The predicted molar refractivity (Wildman–Crippen MR) is 76.8 cm³/mol. The van der Waals surface area contributed by atoms with E-state index in [0.29, 0.717) is 0 Å². The fourth-order valence-corrected chi connectivity index (χ4v) is 3.36. The number of benzene rings is 1. The Morgan fingerprint density at radius 2 is 2.00 bits per heavy atom. The van der Waals surface area contributed by atoms with Crippen molar-refractivity contribution in [2.75, 3.05) is 0 Å². The van der Waals surface area contributed by atoms with Crippen LogP contribution in [0.2, 0.25) is 0 Å². The third kappa shape index (κ3) is 2.40. The van der Waals surface area contributed by atoms with E-state index < -0.39 is 0 Å². The van der Waals surface area contributed by atoms with E-state index in [2.05, 4.69) is 37.4 Å². The fourth-order valence-electron chi connectivity index (χ4n) is 2.14. The molecule has 96 valence electrons. The summed E-state index contributed by atoms with van der Waals surface area (Å²) in [5, 5.41) is 4.52. The Morgan fingerprint density at radius 1 is 1.33 bits per heavy atom. The van der Waals surface area contributed by atoms with Gasteiger partial charge < -0.3 is 5.73 Å². The SMILES string of the molecule is Cc1c(C(C)NC(C)C(N)=O)sc2ccccc12. The summed E-state index contributed by atoms with van der Waals surface area (Å²) in [5.41, 5.74) is 6.56. The monoisotopic (exact) mass is 262 g/mol. The van der Waals surface area contributed by atoms with Crippen molar-refractivity contribution >= 4 is 27.3 Å². The third-order valence-electron chi connectivity index (χ3n) is 3.20. The molecule has 0 saturated carbocycles. The van der Waals surface area contributed by atoms with Gasteiger partial charge in [0.05, 0.1) is 6.04 Å². The standard InChI is InChI=1S/C14H18N2OS/c1-8-11-6-4-5-7-12(11)18-13(8)9(2)16-10(3)14(15)17/h4-7,9-10,16H,1-3H3,(H2,15,17). The summed E-state index contributed by atoms with van der Waals surface area (Å²) in [6.07, 6.45) is 0. The molecule has 2 rings (SSSR count). The van der Waals surface area contributed by atoms with E-state index in [1.54, 1.807) is 18.3 Å². The molecule has 2 aromatic rings. The summed E-state index contributed by atoms with van der Waals surface area (Å²) < 4.78 is 1.28. The summed E-state index contributed by atoms with van der Waals surface area (Å²) in [6, 6.07) is 8.17. The Morgan fingerprint density at radius 3 is 2.61 bits per heavy atom. The molecule has 2 unspecified atom stereocenters. The molecule has 2 atom stereocenters. The minimum atomic E-state index is -0.319. The number of primary amides is 1. The molecule has 18 heavy (non-hydrogen) atoms. The van der Waals surface area contributed by atoms with Gasteiger partial charge >= 0.3 is 0 Å². The first-order valence-electron chi connectivity index (χ1n) is 6.04. The van der Waals surface area contributed by atoms with E-state index in [4.69, 9.17) is 5.73 Å². The Labute approximate surface area is 111 Å². The number of carbonyl (C=O) groups is 1. The number of thiophene rings is 1. The van der Waals surface area contributed by atoms with Crippen LogP contribution in [0.4, 0.5) is 0 Å². The summed E-state index contributed by atoms with van der Waals surface area (Å²) in [7, 11) is 0. The number of nitrogens with one attached hydrogen (secondary N) is 1. The molecule has 1 aromatic carbocycles. The quantitative estimate of drug-likeness (QED) is 0.890. The second kappa shape index (κ2) is 5.08. The zero-order valence-electron chi connectivity index (χ0n) is 10.9. The minimum Gasteiger partial charge on any atom is -0.368 e. The topological polar surface area (TPSA) is 55.1 Å². The molecule has 3 nitrogen and oxygen atoms in total. The van der Waals surface area contributed by atoms with Gasteiger partial charge in [-0.05, 0) is 37.8 Å². The summed E-state index contributed by atoms with van der Waals surface area (Å²) >= 11 is 1.77. The average Bonchev–Trinajstić information content (AvgIpc) is 2.67. The van der Waals surface area contributed by atoms with Gasteiger partial charge in [0.1, 0.15) is 0 Å². The van der Waals surface area contributed by atoms with E-state index in [-0.39, 0.29) is 18.0 Å². The first kappa shape index (κ1) is 13.1.